The number of amides is 1. The predicted molar refractivity (Wildman–Crippen MR) is 109 cm³/mol. The van der Waals surface area contributed by atoms with Crippen LogP contribution in [-0.2, 0) is 4.79 Å². The number of likely N-dealkylation sites (N-methyl/N-ethyl adjacent to an activating group) is 1. The Morgan fingerprint density at radius 2 is 1.84 bits per heavy atom. The van der Waals surface area contributed by atoms with Gasteiger partial charge in [-0.15, -0.1) is 24.8 Å². The highest BCUT2D eigenvalue weighted by atomic mass is 35.5. The minimum Gasteiger partial charge on any atom is -0.354 e. The van der Waals surface area contributed by atoms with Crippen LogP contribution >= 0.6 is 24.8 Å². The van der Waals surface area contributed by atoms with Crippen molar-refractivity contribution in [2.24, 2.45) is 17.6 Å². The molecule has 1 amide bonds. The number of nitrogens with one attached hydrogen (secondary N) is 1. The van der Waals surface area contributed by atoms with Gasteiger partial charge in [0.2, 0.25) is 5.91 Å². The number of carbonyl (C=O) groups is 1. The highest BCUT2D eigenvalue weighted by Crippen LogP contribution is 2.31. The smallest absolute Gasteiger partial charge is 0.223 e. The van der Waals surface area contributed by atoms with Gasteiger partial charge in [0.15, 0.2) is 0 Å². The number of nitrogens with two attached hydrogens (primary N) is 1. The predicted octanol–water partition coefficient (Wildman–Crippen LogP) is 3.40. The minimum absolute atomic E-state index is 0. The molecule has 6 heteroatoms. The van der Waals surface area contributed by atoms with Crippen LogP contribution in [0.5, 0.6) is 0 Å². The molecular formula is C19H33Cl2N3O. The van der Waals surface area contributed by atoms with Gasteiger partial charge in [-0.2, -0.15) is 0 Å². The number of rotatable bonds is 8. The molecule has 0 spiro atoms. The lowest BCUT2D eigenvalue weighted by Crippen LogP contribution is -2.41. The second kappa shape index (κ2) is 12.5. The molecule has 1 aliphatic carbocycles. The number of hydrogen-bond acceptors (Lipinski definition) is 3. The molecule has 0 heterocycles. The molecule has 25 heavy (non-hydrogen) atoms. The van der Waals surface area contributed by atoms with Crippen LogP contribution in [0, 0.1) is 11.8 Å². The van der Waals surface area contributed by atoms with Gasteiger partial charge in [0.05, 0.1) is 6.04 Å². The molecule has 0 aliphatic heterocycles. The average molecular weight is 390 g/mol. The van der Waals surface area contributed by atoms with E-state index < -0.39 is 0 Å². The number of carbonyl (C=O) groups excluding carboxylic acids is 1. The first-order valence-electron chi connectivity index (χ1n) is 8.98. The second-order valence-electron chi connectivity index (χ2n) is 6.43. The van der Waals surface area contributed by atoms with E-state index >= 15 is 0 Å². The number of halogens is 2. The molecule has 1 aromatic rings. The van der Waals surface area contributed by atoms with Gasteiger partial charge in [-0.25, -0.2) is 0 Å². The van der Waals surface area contributed by atoms with Crippen molar-refractivity contribution in [1.29, 1.82) is 0 Å². The monoisotopic (exact) mass is 389 g/mol. The van der Waals surface area contributed by atoms with Crippen LogP contribution in [0.4, 0.5) is 0 Å². The van der Waals surface area contributed by atoms with Gasteiger partial charge >= 0.3 is 0 Å². The average Bonchev–Trinajstić information content (AvgIpc) is 3.08. The van der Waals surface area contributed by atoms with E-state index in [4.69, 9.17) is 5.73 Å². The van der Waals surface area contributed by atoms with Crippen molar-refractivity contribution in [3.05, 3.63) is 35.9 Å². The van der Waals surface area contributed by atoms with Crippen LogP contribution in [0.15, 0.2) is 30.3 Å². The molecule has 4 nitrogen and oxygen atoms in total. The molecule has 1 aromatic carbocycles. The molecule has 144 valence electrons. The number of hydrogen-bond donors (Lipinski definition) is 2. The molecular weight excluding hydrogens is 357 g/mol. The van der Waals surface area contributed by atoms with Crippen molar-refractivity contribution in [1.82, 2.24) is 10.2 Å². The second-order valence-corrected chi connectivity index (χ2v) is 6.43. The van der Waals surface area contributed by atoms with Crippen LogP contribution in [0.3, 0.4) is 0 Å². The molecule has 0 radical (unpaired) electrons. The summed E-state index contributed by atoms with van der Waals surface area (Å²) in [6.45, 7) is 7.57. The molecule has 1 unspecified atom stereocenters. The summed E-state index contributed by atoms with van der Waals surface area (Å²) in [6.07, 6.45) is 3.19. The summed E-state index contributed by atoms with van der Waals surface area (Å²) in [5.41, 5.74) is 7.07. The maximum atomic E-state index is 12.6. The Balaban J connectivity index is 0.00000288. The highest BCUT2D eigenvalue weighted by molar-refractivity contribution is 5.85. The topological polar surface area (TPSA) is 58.4 Å². The zero-order valence-corrected chi connectivity index (χ0v) is 17.0. The van der Waals surface area contributed by atoms with E-state index in [0.29, 0.717) is 19.0 Å². The van der Waals surface area contributed by atoms with Crippen molar-refractivity contribution in [3.63, 3.8) is 0 Å². The lowest BCUT2D eigenvalue weighted by atomic mass is 9.95. The summed E-state index contributed by atoms with van der Waals surface area (Å²) < 4.78 is 0. The van der Waals surface area contributed by atoms with Crippen molar-refractivity contribution < 1.29 is 4.79 Å². The van der Waals surface area contributed by atoms with Crippen LogP contribution < -0.4 is 11.1 Å². The fraction of sp³-hybridized carbons (Fsp3) is 0.632. The molecule has 1 aliphatic rings. The van der Waals surface area contributed by atoms with Crippen molar-refractivity contribution in [2.45, 2.75) is 39.2 Å². The van der Waals surface area contributed by atoms with E-state index in [2.05, 4.69) is 48.3 Å². The SMILES string of the molecule is CCN(CC)C(CNC(=O)[C@@H]1CCC[C@@H]1CN)c1ccccc1.Cl.Cl. The first kappa shape index (κ1) is 24.2. The molecule has 3 atom stereocenters. The third kappa shape index (κ3) is 6.45. The summed E-state index contributed by atoms with van der Waals surface area (Å²) in [4.78, 5) is 15.0. The molecule has 3 N–H and O–H groups in total. The molecule has 0 saturated heterocycles. The summed E-state index contributed by atoms with van der Waals surface area (Å²) in [5.74, 6) is 0.651. The Kier molecular flexibility index (Phi) is 12.1. The van der Waals surface area contributed by atoms with Crippen molar-refractivity contribution in [3.8, 4) is 0 Å². The van der Waals surface area contributed by atoms with Crippen LogP contribution in [0.25, 0.3) is 0 Å². The Hall–Kier alpha value is -0.810. The zero-order chi connectivity index (χ0) is 16.7. The molecule has 1 saturated carbocycles. The lowest BCUT2D eigenvalue weighted by Gasteiger charge is -2.31. The summed E-state index contributed by atoms with van der Waals surface area (Å²) in [7, 11) is 0. The third-order valence-electron chi connectivity index (χ3n) is 5.21. The standard InChI is InChI=1S/C19H31N3O.2ClH/c1-3-22(4-2)18(15-9-6-5-7-10-15)14-21-19(23)17-12-8-11-16(17)13-20;;/h5-7,9-10,16-18H,3-4,8,11-14,20H2,1-2H3,(H,21,23);2*1H/t16-,17-,18?;;/m1../s1. The Morgan fingerprint density at radius 1 is 1.20 bits per heavy atom. The fourth-order valence-electron chi connectivity index (χ4n) is 3.79. The van der Waals surface area contributed by atoms with Gasteiger partial charge in [-0.05, 0) is 44.0 Å². The molecule has 1 fully saturated rings. The Morgan fingerprint density at radius 3 is 2.40 bits per heavy atom. The van der Waals surface area contributed by atoms with E-state index in [1.165, 1.54) is 5.56 Å². The highest BCUT2D eigenvalue weighted by Gasteiger charge is 2.32. The van der Waals surface area contributed by atoms with Gasteiger partial charge in [-0.1, -0.05) is 50.6 Å². The van der Waals surface area contributed by atoms with Crippen LogP contribution in [0.1, 0.15) is 44.7 Å². The maximum absolute atomic E-state index is 12.6. The summed E-state index contributed by atoms with van der Waals surface area (Å²) in [5, 5.41) is 3.20. The van der Waals surface area contributed by atoms with Gasteiger partial charge in [-0.3, -0.25) is 9.69 Å². The van der Waals surface area contributed by atoms with Crippen LogP contribution in [0.2, 0.25) is 0 Å². The largest absolute Gasteiger partial charge is 0.354 e. The maximum Gasteiger partial charge on any atom is 0.223 e. The van der Waals surface area contributed by atoms with E-state index in [1.54, 1.807) is 0 Å². The van der Waals surface area contributed by atoms with E-state index in [-0.39, 0.29) is 42.7 Å². The first-order valence-corrected chi connectivity index (χ1v) is 8.98. The van der Waals surface area contributed by atoms with Gasteiger partial charge in [0.1, 0.15) is 0 Å². The summed E-state index contributed by atoms with van der Waals surface area (Å²) in [6, 6.07) is 10.7. The van der Waals surface area contributed by atoms with Gasteiger partial charge < -0.3 is 11.1 Å². The number of benzene rings is 1. The lowest BCUT2D eigenvalue weighted by molar-refractivity contribution is -0.126. The van der Waals surface area contributed by atoms with E-state index in [0.717, 1.165) is 32.4 Å². The summed E-state index contributed by atoms with van der Waals surface area (Å²) >= 11 is 0. The minimum atomic E-state index is 0. The zero-order valence-electron chi connectivity index (χ0n) is 15.3. The van der Waals surface area contributed by atoms with Crippen molar-refractivity contribution >= 4 is 30.7 Å². The van der Waals surface area contributed by atoms with Gasteiger partial charge in [0.25, 0.3) is 0 Å². The quantitative estimate of drug-likeness (QED) is 0.715. The van der Waals surface area contributed by atoms with E-state index in [1.807, 2.05) is 6.07 Å². The Labute approximate surface area is 164 Å². The number of nitrogens with zero attached hydrogens (tertiary/aromatic N) is 1. The third-order valence-corrected chi connectivity index (χ3v) is 5.21. The van der Waals surface area contributed by atoms with Crippen molar-refractivity contribution in [2.75, 3.05) is 26.2 Å². The normalized spacial score (nSPS) is 20.5. The molecule has 2 rings (SSSR count). The molecule has 0 bridgehead atoms. The van der Waals surface area contributed by atoms with E-state index in [9.17, 15) is 4.79 Å². The fourth-order valence-corrected chi connectivity index (χ4v) is 3.79. The molecule has 0 aromatic heterocycles. The van der Waals surface area contributed by atoms with Crippen LogP contribution in [-0.4, -0.2) is 37.0 Å². The van der Waals surface area contributed by atoms with Gasteiger partial charge in [0, 0.05) is 12.5 Å². The Bertz CT molecular complexity index is 483. The first-order chi connectivity index (χ1) is 11.2.